The second-order valence-electron chi connectivity index (χ2n) is 5.20. The van der Waals surface area contributed by atoms with Crippen molar-refractivity contribution in [2.24, 2.45) is 0 Å². The predicted molar refractivity (Wildman–Crippen MR) is 86.1 cm³/mol. The fourth-order valence-corrected chi connectivity index (χ4v) is 3.84. The third-order valence-electron chi connectivity index (χ3n) is 3.80. The van der Waals surface area contributed by atoms with Gasteiger partial charge >= 0.3 is 5.97 Å². The van der Waals surface area contributed by atoms with E-state index in [0.29, 0.717) is 11.4 Å². The lowest BCUT2D eigenvalue weighted by Gasteiger charge is -2.15. The fraction of sp³-hybridized carbons (Fsp3) is 0.294. The molecule has 1 amide bonds. The molecular weight excluding hydrogens is 298 g/mol. The fourth-order valence-electron chi connectivity index (χ4n) is 2.65. The van der Waals surface area contributed by atoms with Crippen LogP contribution in [0.2, 0.25) is 0 Å². The van der Waals surface area contributed by atoms with Gasteiger partial charge in [-0.15, -0.1) is 11.3 Å². The first-order valence-electron chi connectivity index (χ1n) is 7.25. The minimum Gasteiger partial charge on any atom is -0.469 e. The van der Waals surface area contributed by atoms with Gasteiger partial charge < -0.3 is 10.1 Å². The Morgan fingerprint density at radius 1 is 1.23 bits per heavy atom. The van der Waals surface area contributed by atoms with Crippen LogP contribution in [0.5, 0.6) is 0 Å². The molecule has 0 fully saturated rings. The zero-order valence-electron chi connectivity index (χ0n) is 12.3. The van der Waals surface area contributed by atoms with Crippen LogP contribution in [0.25, 0.3) is 10.4 Å². The lowest BCUT2D eigenvalue weighted by atomic mass is 9.91. The van der Waals surface area contributed by atoms with Crippen molar-refractivity contribution in [2.75, 3.05) is 13.7 Å². The number of methoxy groups -OCH3 is 1. The summed E-state index contributed by atoms with van der Waals surface area (Å²) in [4.78, 5) is 25.1. The number of fused-ring (bicyclic) bond motifs is 3. The molecular formula is C17H17NO3S. The SMILES string of the molecule is COC(=O)CCNC(=O)c1cc2c(s1)-c1ccccc1CC2. The molecule has 1 aromatic carbocycles. The van der Waals surface area contributed by atoms with Gasteiger partial charge in [0.1, 0.15) is 0 Å². The van der Waals surface area contributed by atoms with E-state index in [-0.39, 0.29) is 18.3 Å². The third-order valence-corrected chi connectivity index (χ3v) is 5.01. The van der Waals surface area contributed by atoms with Gasteiger partial charge in [-0.1, -0.05) is 24.3 Å². The Kier molecular flexibility index (Phi) is 4.24. The molecule has 0 saturated carbocycles. The number of rotatable bonds is 4. The van der Waals surface area contributed by atoms with Crippen molar-refractivity contribution in [1.82, 2.24) is 5.32 Å². The zero-order valence-corrected chi connectivity index (χ0v) is 13.2. The molecule has 0 unspecified atom stereocenters. The molecule has 4 nitrogen and oxygen atoms in total. The topological polar surface area (TPSA) is 55.4 Å². The molecule has 1 heterocycles. The smallest absolute Gasteiger partial charge is 0.307 e. The summed E-state index contributed by atoms with van der Waals surface area (Å²) in [6.45, 7) is 0.296. The molecule has 1 aromatic heterocycles. The number of carbonyl (C=O) groups excluding carboxylic acids is 2. The molecule has 0 saturated heterocycles. The number of hydrogen-bond donors (Lipinski definition) is 1. The van der Waals surface area contributed by atoms with E-state index in [1.807, 2.05) is 12.1 Å². The summed E-state index contributed by atoms with van der Waals surface area (Å²) in [5, 5.41) is 2.77. The van der Waals surface area contributed by atoms with Crippen LogP contribution in [0.3, 0.4) is 0 Å². The lowest BCUT2D eigenvalue weighted by Crippen LogP contribution is -2.25. The zero-order chi connectivity index (χ0) is 15.5. The van der Waals surface area contributed by atoms with E-state index in [1.165, 1.54) is 40.0 Å². The Bertz CT molecular complexity index is 720. The molecule has 3 rings (SSSR count). The van der Waals surface area contributed by atoms with Crippen molar-refractivity contribution >= 4 is 23.2 Å². The van der Waals surface area contributed by atoms with Crippen LogP contribution in [0.1, 0.15) is 27.2 Å². The van der Waals surface area contributed by atoms with Crippen molar-refractivity contribution < 1.29 is 14.3 Å². The number of ether oxygens (including phenoxy) is 1. The van der Waals surface area contributed by atoms with Crippen LogP contribution in [0, 0.1) is 0 Å². The lowest BCUT2D eigenvalue weighted by molar-refractivity contribution is -0.140. The highest BCUT2D eigenvalue weighted by atomic mass is 32.1. The van der Waals surface area contributed by atoms with Crippen LogP contribution in [-0.4, -0.2) is 25.5 Å². The van der Waals surface area contributed by atoms with Crippen molar-refractivity contribution in [3.05, 3.63) is 46.3 Å². The van der Waals surface area contributed by atoms with Gasteiger partial charge in [0.05, 0.1) is 18.4 Å². The largest absolute Gasteiger partial charge is 0.469 e. The Morgan fingerprint density at radius 2 is 2.00 bits per heavy atom. The molecule has 0 aliphatic heterocycles. The van der Waals surface area contributed by atoms with E-state index in [4.69, 9.17) is 0 Å². The summed E-state index contributed by atoms with van der Waals surface area (Å²) in [5.74, 6) is -0.444. The van der Waals surface area contributed by atoms with Crippen molar-refractivity contribution in [2.45, 2.75) is 19.3 Å². The van der Waals surface area contributed by atoms with E-state index in [2.05, 4.69) is 28.3 Å². The number of aryl methyl sites for hydroxylation is 2. The molecule has 2 aromatic rings. The van der Waals surface area contributed by atoms with Crippen molar-refractivity contribution in [3.8, 4) is 10.4 Å². The Morgan fingerprint density at radius 3 is 2.82 bits per heavy atom. The molecule has 114 valence electrons. The summed E-state index contributed by atoms with van der Waals surface area (Å²) >= 11 is 1.52. The van der Waals surface area contributed by atoms with Gasteiger partial charge in [0.25, 0.3) is 5.91 Å². The van der Waals surface area contributed by atoms with E-state index in [0.717, 1.165) is 12.8 Å². The molecule has 1 N–H and O–H groups in total. The van der Waals surface area contributed by atoms with E-state index in [9.17, 15) is 9.59 Å². The molecule has 1 aliphatic carbocycles. The van der Waals surface area contributed by atoms with Crippen LogP contribution in [0.4, 0.5) is 0 Å². The number of benzene rings is 1. The third kappa shape index (κ3) is 2.90. The van der Waals surface area contributed by atoms with Crippen LogP contribution in [-0.2, 0) is 22.4 Å². The monoisotopic (exact) mass is 315 g/mol. The van der Waals surface area contributed by atoms with Gasteiger partial charge in [-0.3, -0.25) is 9.59 Å². The van der Waals surface area contributed by atoms with Gasteiger partial charge in [-0.05, 0) is 35.6 Å². The van der Waals surface area contributed by atoms with Crippen LogP contribution >= 0.6 is 11.3 Å². The first-order valence-corrected chi connectivity index (χ1v) is 8.06. The minimum absolute atomic E-state index is 0.124. The summed E-state index contributed by atoms with van der Waals surface area (Å²) in [7, 11) is 1.34. The first-order chi connectivity index (χ1) is 10.7. The van der Waals surface area contributed by atoms with Gasteiger partial charge in [0.2, 0.25) is 0 Å². The highest BCUT2D eigenvalue weighted by Crippen LogP contribution is 2.39. The quantitative estimate of drug-likeness (QED) is 0.883. The van der Waals surface area contributed by atoms with Gasteiger partial charge in [-0.25, -0.2) is 0 Å². The molecule has 0 atom stereocenters. The summed E-state index contributed by atoms with van der Waals surface area (Å²) in [6, 6.07) is 10.3. The standard InChI is InChI=1S/C17H17NO3S/c1-21-15(19)8-9-18-17(20)14-10-12-7-6-11-4-2-3-5-13(11)16(12)22-14/h2-5,10H,6-9H2,1H3,(H,18,20). The maximum absolute atomic E-state index is 12.2. The van der Waals surface area contributed by atoms with Crippen molar-refractivity contribution in [1.29, 1.82) is 0 Å². The molecule has 0 bridgehead atoms. The maximum atomic E-state index is 12.2. The highest BCUT2D eigenvalue weighted by molar-refractivity contribution is 7.17. The predicted octanol–water partition coefficient (Wildman–Crippen LogP) is 2.81. The second kappa shape index (κ2) is 6.32. The van der Waals surface area contributed by atoms with Crippen molar-refractivity contribution in [3.63, 3.8) is 0 Å². The van der Waals surface area contributed by atoms with Gasteiger partial charge in [0.15, 0.2) is 0 Å². The van der Waals surface area contributed by atoms with Gasteiger partial charge in [0, 0.05) is 11.4 Å². The average molecular weight is 315 g/mol. The number of esters is 1. The molecule has 1 aliphatic rings. The molecule has 0 spiro atoms. The number of carbonyl (C=O) groups is 2. The number of nitrogens with one attached hydrogen (secondary N) is 1. The summed E-state index contributed by atoms with van der Waals surface area (Å²) in [6.07, 6.45) is 2.18. The highest BCUT2D eigenvalue weighted by Gasteiger charge is 2.21. The Labute approximate surface area is 133 Å². The van der Waals surface area contributed by atoms with Crippen LogP contribution < -0.4 is 5.32 Å². The Hall–Kier alpha value is -2.14. The van der Waals surface area contributed by atoms with Gasteiger partial charge in [-0.2, -0.15) is 0 Å². The number of hydrogen-bond acceptors (Lipinski definition) is 4. The Balaban J connectivity index is 1.74. The molecule has 0 radical (unpaired) electrons. The average Bonchev–Trinajstić information content (AvgIpc) is 2.99. The molecule has 5 heteroatoms. The number of thiophene rings is 1. The number of amides is 1. The molecule has 22 heavy (non-hydrogen) atoms. The minimum atomic E-state index is -0.320. The van der Waals surface area contributed by atoms with E-state index in [1.54, 1.807) is 0 Å². The normalized spacial score (nSPS) is 12.2. The van der Waals surface area contributed by atoms with E-state index >= 15 is 0 Å². The van der Waals surface area contributed by atoms with Crippen LogP contribution in [0.15, 0.2) is 30.3 Å². The maximum Gasteiger partial charge on any atom is 0.307 e. The second-order valence-corrected chi connectivity index (χ2v) is 6.26. The first kappa shape index (κ1) is 14.8. The van der Waals surface area contributed by atoms with E-state index < -0.39 is 0 Å². The summed E-state index contributed by atoms with van der Waals surface area (Å²) < 4.78 is 4.56. The summed E-state index contributed by atoms with van der Waals surface area (Å²) in [5.41, 5.74) is 3.82.